The lowest BCUT2D eigenvalue weighted by atomic mass is 10.2. The van der Waals surface area contributed by atoms with Gasteiger partial charge in [-0.3, -0.25) is 0 Å². The Morgan fingerprint density at radius 2 is 2.06 bits per heavy atom. The van der Waals surface area contributed by atoms with Crippen molar-refractivity contribution in [3.8, 4) is 0 Å². The molecular formula is C12H19FN2O2S. The number of benzene rings is 1. The summed E-state index contributed by atoms with van der Waals surface area (Å²) in [6, 6.07) is 3.78. The fraction of sp³-hybridized carbons (Fsp3) is 0.500. The number of halogens is 1. The number of nitrogens with two attached hydrogens (primary N) is 1. The molecule has 0 aromatic heterocycles. The molecule has 1 aromatic rings. The molecule has 0 radical (unpaired) electrons. The number of nitrogens with zero attached hydrogens (tertiary/aromatic N) is 1. The second-order valence-electron chi connectivity index (χ2n) is 4.25. The Morgan fingerprint density at radius 3 is 2.50 bits per heavy atom. The molecule has 0 aliphatic heterocycles. The summed E-state index contributed by atoms with van der Waals surface area (Å²) in [4.78, 5) is -0.303. The van der Waals surface area contributed by atoms with Crippen LogP contribution in [0.1, 0.15) is 25.8 Å². The monoisotopic (exact) mass is 274 g/mol. The van der Waals surface area contributed by atoms with Crippen LogP contribution >= 0.6 is 0 Å². The van der Waals surface area contributed by atoms with Crippen LogP contribution in [-0.2, 0) is 16.6 Å². The van der Waals surface area contributed by atoms with Crippen LogP contribution in [0.2, 0.25) is 0 Å². The first kappa shape index (κ1) is 15.1. The van der Waals surface area contributed by atoms with Crippen molar-refractivity contribution < 1.29 is 12.8 Å². The van der Waals surface area contributed by atoms with E-state index in [1.807, 2.05) is 6.92 Å². The van der Waals surface area contributed by atoms with Gasteiger partial charge in [-0.25, -0.2) is 12.8 Å². The Kier molecular flexibility index (Phi) is 4.84. The van der Waals surface area contributed by atoms with E-state index in [0.29, 0.717) is 12.0 Å². The smallest absolute Gasteiger partial charge is 0.245 e. The highest BCUT2D eigenvalue weighted by molar-refractivity contribution is 7.89. The van der Waals surface area contributed by atoms with Crippen LogP contribution in [-0.4, -0.2) is 25.8 Å². The van der Waals surface area contributed by atoms with Gasteiger partial charge in [0.2, 0.25) is 10.0 Å². The van der Waals surface area contributed by atoms with Gasteiger partial charge < -0.3 is 5.73 Å². The van der Waals surface area contributed by atoms with Crippen molar-refractivity contribution in [2.45, 2.75) is 37.8 Å². The summed E-state index contributed by atoms with van der Waals surface area (Å²) >= 11 is 0. The topological polar surface area (TPSA) is 63.4 Å². The van der Waals surface area contributed by atoms with Gasteiger partial charge in [0.25, 0.3) is 0 Å². The van der Waals surface area contributed by atoms with Crippen LogP contribution in [0.4, 0.5) is 4.39 Å². The number of rotatable bonds is 5. The molecule has 0 aliphatic carbocycles. The highest BCUT2D eigenvalue weighted by atomic mass is 32.2. The minimum absolute atomic E-state index is 0.177. The molecule has 1 atom stereocenters. The SMILES string of the molecule is CCC(C)N(C)S(=O)(=O)c1ccc(CN)cc1F. The van der Waals surface area contributed by atoms with Gasteiger partial charge in [-0.2, -0.15) is 4.31 Å². The lowest BCUT2D eigenvalue weighted by molar-refractivity contribution is 0.378. The summed E-state index contributed by atoms with van der Waals surface area (Å²) < 4.78 is 39.4. The maximum absolute atomic E-state index is 13.8. The van der Waals surface area contributed by atoms with Crippen molar-refractivity contribution in [2.24, 2.45) is 5.73 Å². The van der Waals surface area contributed by atoms with E-state index < -0.39 is 15.8 Å². The molecule has 6 heteroatoms. The molecule has 0 aliphatic rings. The Morgan fingerprint density at radius 1 is 1.44 bits per heavy atom. The predicted octanol–water partition coefficient (Wildman–Crippen LogP) is 1.70. The summed E-state index contributed by atoms with van der Waals surface area (Å²) in [5.74, 6) is -0.756. The standard InChI is InChI=1S/C12H19FN2O2S/c1-4-9(2)15(3)18(16,17)12-6-5-10(8-14)7-11(12)13/h5-7,9H,4,8,14H2,1-3H3. The molecule has 0 bridgehead atoms. The van der Waals surface area contributed by atoms with E-state index in [0.717, 1.165) is 6.07 Å². The molecule has 0 spiro atoms. The maximum Gasteiger partial charge on any atom is 0.245 e. The third-order valence-corrected chi connectivity index (χ3v) is 5.11. The summed E-state index contributed by atoms with van der Waals surface area (Å²) in [6.45, 7) is 3.84. The van der Waals surface area contributed by atoms with Gasteiger partial charge in [-0.05, 0) is 31.0 Å². The molecule has 0 heterocycles. The van der Waals surface area contributed by atoms with E-state index in [1.54, 1.807) is 6.92 Å². The second kappa shape index (κ2) is 5.77. The zero-order valence-electron chi connectivity index (χ0n) is 10.9. The first-order chi connectivity index (χ1) is 8.34. The molecule has 102 valence electrons. The van der Waals surface area contributed by atoms with Gasteiger partial charge in [0, 0.05) is 19.6 Å². The fourth-order valence-electron chi connectivity index (χ4n) is 1.53. The van der Waals surface area contributed by atoms with Gasteiger partial charge in [0.05, 0.1) is 0 Å². The Hall–Kier alpha value is -0.980. The van der Waals surface area contributed by atoms with Crippen molar-refractivity contribution >= 4 is 10.0 Å². The molecule has 4 nitrogen and oxygen atoms in total. The molecule has 18 heavy (non-hydrogen) atoms. The summed E-state index contributed by atoms with van der Waals surface area (Å²) in [7, 11) is -2.33. The first-order valence-corrected chi connectivity index (χ1v) is 7.25. The number of sulfonamides is 1. The van der Waals surface area contributed by atoms with E-state index in [9.17, 15) is 12.8 Å². The third-order valence-electron chi connectivity index (χ3n) is 3.10. The van der Waals surface area contributed by atoms with E-state index in [4.69, 9.17) is 5.73 Å². The minimum atomic E-state index is -3.79. The van der Waals surface area contributed by atoms with Crippen molar-refractivity contribution in [1.29, 1.82) is 0 Å². The Labute approximate surface area is 108 Å². The maximum atomic E-state index is 13.8. The largest absolute Gasteiger partial charge is 0.326 e. The molecule has 1 rings (SSSR count). The normalized spacial score (nSPS) is 13.9. The lowest BCUT2D eigenvalue weighted by Gasteiger charge is -2.23. The van der Waals surface area contributed by atoms with Crippen LogP contribution < -0.4 is 5.73 Å². The molecular weight excluding hydrogens is 255 g/mol. The molecule has 1 aromatic carbocycles. The van der Waals surface area contributed by atoms with E-state index in [-0.39, 0.29) is 17.5 Å². The van der Waals surface area contributed by atoms with Crippen molar-refractivity contribution in [3.05, 3.63) is 29.6 Å². The highest BCUT2D eigenvalue weighted by Gasteiger charge is 2.27. The lowest BCUT2D eigenvalue weighted by Crippen LogP contribution is -2.35. The zero-order chi connectivity index (χ0) is 13.9. The van der Waals surface area contributed by atoms with E-state index in [1.165, 1.54) is 23.5 Å². The van der Waals surface area contributed by atoms with Gasteiger partial charge >= 0.3 is 0 Å². The molecule has 0 saturated carbocycles. The van der Waals surface area contributed by atoms with Crippen LogP contribution in [0.25, 0.3) is 0 Å². The average Bonchev–Trinajstić information content (AvgIpc) is 2.36. The molecule has 0 saturated heterocycles. The molecule has 2 N–H and O–H groups in total. The third kappa shape index (κ3) is 2.88. The van der Waals surface area contributed by atoms with Gasteiger partial charge in [0.15, 0.2) is 0 Å². The van der Waals surface area contributed by atoms with Crippen molar-refractivity contribution in [3.63, 3.8) is 0 Å². The second-order valence-corrected chi connectivity index (χ2v) is 6.21. The molecule has 1 unspecified atom stereocenters. The Balaban J connectivity index is 3.21. The van der Waals surface area contributed by atoms with Gasteiger partial charge in [-0.15, -0.1) is 0 Å². The quantitative estimate of drug-likeness (QED) is 0.889. The molecule has 0 fully saturated rings. The van der Waals surface area contributed by atoms with Gasteiger partial charge in [-0.1, -0.05) is 13.0 Å². The van der Waals surface area contributed by atoms with Crippen molar-refractivity contribution in [2.75, 3.05) is 7.05 Å². The van der Waals surface area contributed by atoms with Gasteiger partial charge in [0.1, 0.15) is 10.7 Å². The summed E-state index contributed by atoms with van der Waals surface area (Å²) in [5.41, 5.74) is 5.95. The van der Waals surface area contributed by atoms with E-state index in [2.05, 4.69) is 0 Å². The van der Waals surface area contributed by atoms with Crippen LogP contribution in [0, 0.1) is 5.82 Å². The summed E-state index contributed by atoms with van der Waals surface area (Å²) in [6.07, 6.45) is 0.665. The average molecular weight is 274 g/mol. The fourth-order valence-corrected chi connectivity index (χ4v) is 3.01. The number of hydrogen-bond acceptors (Lipinski definition) is 3. The van der Waals surface area contributed by atoms with Crippen molar-refractivity contribution in [1.82, 2.24) is 4.31 Å². The highest BCUT2D eigenvalue weighted by Crippen LogP contribution is 2.21. The van der Waals surface area contributed by atoms with Crippen LogP contribution in [0.15, 0.2) is 23.1 Å². The minimum Gasteiger partial charge on any atom is -0.326 e. The Bertz CT molecular complexity index is 517. The van der Waals surface area contributed by atoms with Crippen LogP contribution in [0.5, 0.6) is 0 Å². The zero-order valence-corrected chi connectivity index (χ0v) is 11.7. The first-order valence-electron chi connectivity index (χ1n) is 5.81. The van der Waals surface area contributed by atoms with Crippen LogP contribution in [0.3, 0.4) is 0 Å². The van der Waals surface area contributed by atoms with E-state index >= 15 is 0 Å². The predicted molar refractivity (Wildman–Crippen MR) is 69.0 cm³/mol. The summed E-state index contributed by atoms with van der Waals surface area (Å²) in [5, 5.41) is 0. The molecule has 0 amide bonds. The number of hydrogen-bond donors (Lipinski definition) is 1.